The monoisotopic (exact) mass is 408 g/mol. The van der Waals surface area contributed by atoms with Gasteiger partial charge in [0.05, 0.1) is 4.90 Å². The molecule has 1 aliphatic rings. The third-order valence-corrected chi connectivity index (χ3v) is 6.38. The number of carbonyl (C=O) groups is 2. The van der Waals surface area contributed by atoms with Crippen molar-refractivity contribution in [2.24, 2.45) is 0 Å². The van der Waals surface area contributed by atoms with E-state index < -0.39 is 27.8 Å². The second-order valence-corrected chi connectivity index (χ2v) is 8.22. The Kier molecular flexibility index (Phi) is 4.91. The number of sulfonamides is 1. The van der Waals surface area contributed by atoms with Crippen molar-refractivity contribution in [2.75, 3.05) is 5.32 Å². The van der Waals surface area contributed by atoms with Crippen molar-refractivity contribution in [1.82, 2.24) is 14.3 Å². The van der Waals surface area contributed by atoms with Crippen molar-refractivity contribution in [3.05, 3.63) is 84.2 Å². The van der Waals surface area contributed by atoms with E-state index >= 15 is 0 Å². The average Bonchev–Trinajstić information content (AvgIpc) is 2.74. The summed E-state index contributed by atoms with van der Waals surface area (Å²) in [5.74, 6) is -1.42. The van der Waals surface area contributed by atoms with E-state index in [4.69, 9.17) is 0 Å². The summed E-state index contributed by atoms with van der Waals surface area (Å²) in [6.45, 7) is -0.128. The van der Waals surface area contributed by atoms with Crippen LogP contribution in [0.15, 0.2) is 78.0 Å². The van der Waals surface area contributed by atoms with Gasteiger partial charge in [0.2, 0.25) is 16.0 Å². The van der Waals surface area contributed by atoms with Gasteiger partial charge in [0.25, 0.3) is 5.91 Å². The molecule has 9 heteroatoms. The summed E-state index contributed by atoms with van der Waals surface area (Å²) in [5, 5.41) is 2.44. The Hall–Kier alpha value is -3.43. The number of Topliss-reactive ketones (excluding diaryl/α,β-unsaturated/α-hetero) is 1. The van der Waals surface area contributed by atoms with Gasteiger partial charge >= 0.3 is 0 Å². The Labute approximate surface area is 167 Å². The van der Waals surface area contributed by atoms with Gasteiger partial charge in [-0.15, -0.1) is 0 Å². The van der Waals surface area contributed by atoms with E-state index in [0.29, 0.717) is 5.56 Å². The number of hydrogen-bond acceptors (Lipinski definition) is 6. The van der Waals surface area contributed by atoms with Crippen molar-refractivity contribution in [1.29, 1.82) is 0 Å². The Morgan fingerprint density at radius 2 is 1.62 bits per heavy atom. The van der Waals surface area contributed by atoms with Crippen LogP contribution in [0.2, 0.25) is 0 Å². The van der Waals surface area contributed by atoms with E-state index in [1.54, 1.807) is 48.5 Å². The molecule has 1 atom stereocenters. The molecule has 0 aliphatic carbocycles. The van der Waals surface area contributed by atoms with Gasteiger partial charge in [0.1, 0.15) is 0 Å². The first-order chi connectivity index (χ1) is 14.0. The summed E-state index contributed by atoms with van der Waals surface area (Å²) < 4.78 is 27.5. The zero-order chi connectivity index (χ0) is 20.4. The van der Waals surface area contributed by atoms with E-state index in [9.17, 15) is 18.0 Å². The zero-order valence-electron chi connectivity index (χ0n) is 15.1. The lowest BCUT2D eigenvalue weighted by Gasteiger charge is -2.33. The van der Waals surface area contributed by atoms with Crippen molar-refractivity contribution in [3.8, 4) is 0 Å². The van der Waals surface area contributed by atoms with Gasteiger partial charge < -0.3 is 0 Å². The first kappa shape index (κ1) is 18.9. The Morgan fingerprint density at radius 1 is 0.966 bits per heavy atom. The fourth-order valence-corrected chi connectivity index (χ4v) is 4.91. The molecule has 29 heavy (non-hydrogen) atoms. The maximum atomic E-state index is 13.3. The van der Waals surface area contributed by atoms with E-state index in [2.05, 4.69) is 15.3 Å². The number of nitrogens with one attached hydrogen (secondary N) is 1. The summed E-state index contributed by atoms with van der Waals surface area (Å²) in [4.78, 5) is 33.8. The molecule has 0 bridgehead atoms. The van der Waals surface area contributed by atoms with E-state index in [0.717, 1.165) is 4.31 Å². The lowest BCUT2D eigenvalue weighted by Crippen LogP contribution is -2.54. The highest BCUT2D eigenvalue weighted by Crippen LogP contribution is 2.31. The van der Waals surface area contributed by atoms with E-state index in [1.807, 2.05) is 0 Å². The predicted octanol–water partition coefficient (Wildman–Crippen LogP) is 1.87. The largest absolute Gasteiger partial charge is 0.293 e. The highest BCUT2D eigenvalue weighted by atomic mass is 32.2. The second kappa shape index (κ2) is 7.53. The van der Waals surface area contributed by atoms with Gasteiger partial charge in [-0.25, -0.2) is 18.4 Å². The molecule has 1 amide bonds. The van der Waals surface area contributed by atoms with E-state index in [1.165, 1.54) is 24.5 Å². The molecule has 8 nitrogen and oxygen atoms in total. The predicted molar refractivity (Wildman–Crippen MR) is 104 cm³/mol. The van der Waals surface area contributed by atoms with Crippen molar-refractivity contribution < 1.29 is 18.0 Å². The number of anilines is 1. The van der Waals surface area contributed by atoms with Crippen LogP contribution in [0, 0.1) is 0 Å². The number of nitrogens with zero attached hydrogens (tertiary/aromatic N) is 3. The van der Waals surface area contributed by atoms with Crippen LogP contribution in [0.1, 0.15) is 15.9 Å². The fraction of sp³-hybridized carbons (Fsp3) is 0.100. The van der Waals surface area contributed by atoms with Crippen LogP contribution in [0.4, 0.5) is 5.95 Å². The fourth-order valence-electron chi connectivity index (χ4n) is 3.17. The van der Waals surface area contributed by atoms with Crippen molar-refractivity contribution in [2.45, 2.75) is 17.5 Å². The molecule has 0 spiro atoms. The summed E-state index contributed by atoms with van der Waals surface area (Å²) in [6.07, 6.45) is 2.86. The molecule has 4 rings (SSSR count). The Bertz CT molecular complexity index is 1170. The van der Waals surface area contributed by atoms with Gasteiger partial charge in [0, 0.05) is 24.5 Å². The molecule has 0 radical (unpaired) electrons. The average molecular weight is 408 g/mol. The lowest BCUT2D eigenvalue weighted by atomic mass is 10.0. The standard InChI is InChI=1S/C20H16N4O4S/c25-18-15-9-4-5-10-16(15)29(27,28)24(13-14-7-2-1-3-8-14)17(18)19(26)23-20-21-11-6-12-22-20/h1-12,17H,13H2,(H,21,22,23,26)/t17-/m1/s1. The molecule has 0 saturated carbocycles. The lowest BCUT2D eigenvalue weighted by molar-refractivity contribution is -0.118. The maximum Gasteiger partial charge on any atom is 0.253 e. The molecule has 1 aliphatic heterocycles. The quantitative estimate of drug-likeness (QED) is 0.660. The molecular weight excluding hydrogens is 392 g/mol. The van der Waals surface area contributed by atoms with Gasteiger partial charge in [0.15, 0.2) is 11.8 Å². The van der Waals surface area contributed by atoms with Crippen LogP contribution in [0.5, 0.6) is 0 Å². The molecule has 0 fully saturated rings. The third kappa shape index (κ3) is 3.53. The molecule has 2 aromatic carbocycles. The topological polar surface area (TPSA) is 109 Å². The number of ketones is 1. The molecule has 0 unspecified atom stereocenters. The summed E-state index contributed by atoms with van der Waals surface area (Å²) in [7, 11) is -4.09. The second-order valence-electron chi connectivity index (χ2n) is 6.36. The van der Waals surface area contributed by atoms with Crippen LogP contribution in [-0.2, 0) is 21.4 Å². The first-order valence-electron chi connectivity index (χ1n) is 8.75. The van der Waals surface area contributed by atoms with Gasteiger partial charge in [-0.1, -0.05) is 42.5 Å². The highest BCUT2D eigenvalue weighted by molar-refractivity contribution is 7.89. The Balaban J connectivity index is 1.79. The number of fused-ring (bicyclic) bond motifs is 1. The molecule has 146 valence electrons. The highest BCUT2D eigenvalue weighted by Gasteiger charge is 2.47. The maximum absolute atomic E-state index is 13.3. The van der Waals surface area contributed by atoms with Crippen LogP contribution in [0.3, 0.4) is 0 Å². The van der Waals surface area contributed by atoms with E-state index in [-0.39, 0.29) is 23.0 Å². The number of benzene rings is 2. The molecular formula is C20H16N4O4S. The minimum absolute atomic E-state index is 0.00839. The van der Waals surface area contributed by atoms with Crippen molar-refractivity contribution in [3.63, 3.8) is 0 Å². The number of rotatable bonds is 4. The number of carbonyl (C=O) groups excluding carboxylic acids is 2. The summed E-state index contributed by atoms with van der Waals surface area (Å²) >= 11 is 0. The zero-order valence-corrected chi connectivity index (χ0v) is 15.9. The van der Waals surface area contributed by atoms with Gasteiger partial charge in [-0.3, -0.25) is 14.9 Å². The molecule has 2 heterocycles. The summed E-state index contributed by atoms with van der Waals surface area (Å²) in [6, 6.07) is 14.7. The molecule has 1 aromatic heterocycles. The normalized spacial score (nSPS) is 18.1. The van der Waals surface area contributed by atoms with Gasteiger partial charge in [-0.2, -0.15) is 4.31 Å². The van der Waals surface area contributed by atoms with Crippen LogP contribution in [-0.4, -0.2) is 40.4 Å². The molecule has 3 aromatic rings. The minimum atomic E-state index is -4.09. The number of amides is 1. The molecule has 0 saturated heterocycles. The van der Waals surface area contributed by atoms with Crippen LogP contribution in [0.25, 0.3) is 0 Å². The van der Waals surface area contributed by atoms with Crippen LogP contribution >= 0.6 is 0 Å². The number of hydrogen-bond donors (Lipinski definition) is 1. The SMILES string of the molecule is O=C(Nc1ncccn1)[C@H]1C(=O)c2ccccc2S(=O)(=O)N1Cc1ccccc1. The molecule has 1 N–H and O–H groups in total. The minimum Gasteiger partial charge on any atom is -0.293 e. The third-order valence-electron chi connectivity index (χ3n) is 4.51. The smallest absolute Gasteiger partial charge is 0.253 e. The van der Waals surface area contributed by atoms with Crippen molar-refractivity contribution >= 4 is 27.7 Å². The Morgan fingerprint density at radius 3 is 2.34 bits per heavy atom. The number of aromatic nitrogens is 2. The van der Waals surface area contributed by atoms with Crippen LogP contribution < -0.4 is 5.32 Å². The summed E-state index contributed by atoms with van der Waals surface area (Å²) in [5.41, 5.74) is 0.642. The van der Waals surface area contributed by atoms with Gasteiger partial charge in [-0.05, 0) is 23.8 Å². The first-order valence-corrected chi connectivity index (χ1v) is 10.2.